The average Bonchev–Trinajstić information content (AvgIpc) is 3.42. The van der Waals surface area contributed by atoms with Gasteiger partial charge in [0.2, 0.25) is 5.09 Å². The van der Waals surface area contributed by atoms with Crippen molar-refractivity contribution in [1.82, 2.24) is 15.0 Å². The van der Waals surface area contributed by atoms with Crippen LogP contribution >= 0.6 is 11.6 Å². The first-order chi connectivity index (χ1) is 15.7. The van der Waals surface area contributed by atoms with E-state index in [4.69, 9.17) is 20.4 Å². The van der Waals surface area contributed by atoms with E-state index in [0.29, 0.717) is 34.9 Å². The zero-order chi connectivity index (χ0) is 23.6. The van der Waals surface area contributed by atoms with Gasteiger partial charge in [-0.25, -0.2) is 14.5 Å². The molecule has 1 aromatic carbocycles. The molecule has 2 amide bonds. The molecule has 4 rings (SSSR count). The minimum absolute atomic E-state index is 0.0101. The van der Waals surface area contributed by atoms with Gasteiger partial charge in [-0.3, -0.25) is 4.79 Å². The predicted molar refractivity (Wildman–Crippen MR) is 118 cm³/mol. The predicted octanol–water partition coefficient (Wildman–Crippen LogP) is 3.97. The SMILES string of the molecule is CCOC(=O)NS(=O)(=O)c1ccc(C(=O)N[C@H]2CC[C@@H](c3nc4cc(Cl)ccc4o3)CC2)o1. The molecule has 176 valence electrons. The Labute approximate surface area is 194 Å². The number of carbonyl (C=O) groups excluding carboxylic acids is 2. The third-order valence-electron chi connectivity index (χ3n) is 5.34. The minimum Gasteiger partial charge on any atom is -0.449 e. The first-order valence-corrected chi connectivity index (χ1v) is 12.3. The lowest BCUT2D eigenvalue weighted by Gasteiger charge is -2.27. The number of hydrogen-bond acceptors (Lipinski definition) is 8. The van der Waals surface area contributed by atoms with E-state index < -0.39 is 27.1 Å². The van der Waals surface area contributed by atoms with Gasteiger partial charge in [0.05, 0.1) is 6.61 Å². The number of benzene rings is 1. The van der Waals surface area contributed by atoms with Crippen LogP contribution in [0.3, 0.4) is 0 Å². The van der Waals surface area contributed by atoms with Crippen LogP contribution in [0.2, 0.25) is 5.02 Å². The van der Waals surface area contributed by atoms with Crippen LogP contribution in [0.25, 0.3) is 11.1 Å². The van der Waals surface area contributed by atoms with Crippen molar-refractivity contribution in [3.63, 3.8) is 0 Å². The molecule has 1 aliphatic carbocycles. The number of aromatic nitrogens is 1. The van der Waals surface area contributed by atoms with Gasteiger partial charge in [0.25, 0.3) is 15.9 Å². The summed E-state index contributed by atoms with van der Waals surface area (Å²) >= 11 is 6.01. The van der Waals surface area contributed by atoms with Crippen molar-refractivity contribution in [2.24, 2.45) is 0 Å². The lowest BCUT2D eigenvalue weighted by Crippen LogP contribution is -2.37. The van der Waals surface area contributed by atoms with Crippen LogP contribution in [0.1, 0.15) is 55.0 Å². The molecular weight excluding hydrogens is 474 g/mol. The number of nitrogens with zero attached hydrogens (tertiary/aromatic N) is 1. The zero-order valence-electron chi connectivity index (χ0n) is 17.7. The molecule has 1 fully saturated rings. The summed E-state index contributed by atoms with van der Waals surface area (Å²) in [6.07, 6.45) is 1.82. The molecule has 12 heteroatoms. The Morgan fingerprint density at radius 3 is 2.64 bits per heavy atom. The van der Waals surface area contributed by atoms with E-state index >= 15 is 0 Å². The summed E-state index contributed by atoms with van der Waals surface area (Å²) in [5.41, 5.74) is 1.40. The number of furan rings is 1. The number of halogens is 1. The van der Waals surface area contributed by atoms with Crippen LogP contribution < -0.4 is 10.0 Å². The molecule has 2 N–H and O–H groups in total. The molecule has 3 aromatic rings. The Hall–Kier alpha value is -3.05. The number of rotatable bonds is 6. The van der Waals surface area contributed by atoms with E-state index in [2.05, 4.69) is 15.0 Å². The monoisotopic (exact) mass is 495 g/mol. The van der Waals surface area contributed by atoms with Gasteiger partial charge in [-0.1, -0.05) is 11.6 Å². The van der Waals surface area contributed by atoms with E-state index in [0.717, 1.165) is 18.9 Å². The molecule has 2 aromatic heterocycles. The van der Waals surface area contributed by atoms with Crippen LogP contribution in [0, 0.1) is 0 Å². The quantitative estimate of drug-likeness (QED) is 0.523. The zero-order valence-corrected chi connectivity index (χ0v) is 19.2. The molecule has 0 unspecified atom stereocenters. The summed E-state index contributed by atoms with van der Waals surface area (Å²) in [5.74, 6) is 0.0930. The number of fused-ring (bicyclic) bond motifs is 1. The molecule has 0 spiro atoms. The fraction of sp³-hybridized carbons (Fsp3) is 0.381. The van der Waals surface area contributed by atoms with Crippen molar-refractivity contribution in [3.05, 3.63) is 47.0 Å². The highest BCUT2D eigenvalue weighted by atomic mass is 35.5. The molecule has 0 bridgehead atoms. The van der Waals surface area contributed by atoms with Gasteiger partial charge in [0.1, 0.15) is 5.52 Å². The second kappa shape index (κ2) is 9.44. The van der Waals surface area contributed by atoms with Gasteiger partial charge in [-0.2, -0.15) is 8.42 Å². The number of amides is 2. The molecular formula is C21H22ClN3O7S. The van der Waals surface area contributed by atoms with Crippen LogP contribution in [0.5, 0.6) is 0 Å². The average molecular weight is 496 g/mol. The number of sulfonamides is 1. The molecule has 2 heterocycles. The third-order valence-corrected chi connectivity index (χ3v) is 6.76. The molecule has 0 saturated heterocycles. The highest BCUT2D eigenvalue weighted by Crippen LogP contribution is 2.34. The molecule has 0 atom stereocenters. The summed E-state index contributed by atoms with van der Waals surface area (Å²) in [6.45, 7) is 1.55. The second-order valence-electron chi connectivity index (χ2n) is 7.63. The summed E-state index contributed by atoms with van der Waals surface area (Å²) in [5, 5.41) is 2.90. The number of nitrogens with one attached hydrogen (secondary N) is 2. The van der Waals surface area contributed by atoms with E-state index in [1.165, 1.54) is 13.0 Å². The molecule has 10 nitrogen and oxygen atoms in total. The maximum Gasteiger partial charge on any atom is 0.421 e. The van der Waals surface area contributed by atoms with E-state index in [9.17, 15) is 18.0 Å². The Kier molecular flexibility index (Phi) is 6.61. The normalized spacial score (nSPS) is 18.7. The van der Waals surface area contributed by atoms with E-state index in [1.807, 2.05) is 0 Å². The van der Waals surface area contributed by atoms with Gasteiger partial charge in [0, 0.05) is 17.0 Å². The standard InChI is InChI=1S/C21H22ClN3O7S/c1-2-30-21(27)25-33(28,29)18-10-9-17(31-18)19(26)23-14-6-3-12(4-7-14)20-24-15-11-13(22)5-8-16(15)32-20/h5,8-12,14H,2-4,6-7H2,1H3,(H,23,26)(H,25,27)/t12-,14+. The third kappa shape index (κ3) is 5.31. The number of ether oxygens (including phenoxy) is 1. The maximum absolute atomic E-state index is 12.5. The van der Waals surface area contributed by atoms with Crippen LogP contribution in [-0.4, -0.2) is 38.1 Å². The Morgan fingerprint density at radius 2 is 1.91 bits per heavy atom. The molecule has 1 saturated carbocycles. The van der Waals surface area contributed by atoms with Gasteiger partial charge in [-0.15, -0.1) is 0 Å². The smallest absolute Gasteiger partial charge is 0.421 e. The van der Waals surface area contributed by atoms with Gasteiger partial charge < -0.3 is 18.9 Å². The first-order valence-electron chi connectivity index (χ1n) is 10.4. The van der Waals surface area contributed by atoms with Crippen LogP contribution in [0.4, 0.5) is 4.79 Å². The lowest BCUT2D eigenvalue weighted by molar-refractivity contribution is 0.0891. The van der Waals surface area contributed by atoms with Gasteiger partial charge in [-0.05, 0) is 62.9 Å². The largest absolute Gasteiger partial charge is 0.449 e. The van der Waals surface area contributed by atoms with Crippen LogP contribution in [0.15, 0.2) is 44.3 Å². The Balaban J connectivity index is 1.33. The Bertz CT molecular complexity index is 1280. The summed E-state index contributed by atoms with van der Waals surface area (Å²) in [7, 11) is -4.28. The van der Waals surface area contributed by atoms with Crippen molar-refractivity contribution in [3.8, 4) is 0 Å². The fourth-order valence-corrected chi connectivity index (χ4v) is 4.73. The summed E-state index contributed by atoms with van der Waals surface area (Å²) in [6, 6.07) is 7.55. The fourth-order valence-electron chi connectivity index (χ4n) is 3.74. The molecule has 33 heavy (non-hydrogen) atoms. The first kappa shape index (κ1) is 23.1. The van der Waals surface area contributed by atoms with Crippen molar-refractivity contribution in [2.75, 3.05) is 6.61 Å². The highest BCUT2D eigenvalue weighted by Gasteiger charge is 2.29. The van der Waals surface area contributed by atoms with Gasteiger partial charge in [0.15, 0.2) is 17.2 Å². The van der Waals surface area contributed by atoms with Crippen molar-refractivity contribution >= 4 is 44.7 Å². The molecule has 0 aliphatic heterocycles. The molecule has 0 radical (unpaired) electrons. The summed E-state index contributed by atoms with van der Waals surface area (Å²) < 4.78 is 41.5. The van der Waals surface area contributed by atoms with E-state index in [-0.39, 0.29) is 24.3 Å². The Morgan fingerprint density at radius 1 is 1.15 bits per heavy atom. The molecule has 1 aliphatic rings. The second-order valence-corrected chi connectivity index (χ2v) is 9.68. The number of oxazole rings is 1. The lowest BCUT2D eigenvalue weighted by atomic mass is 9.86. The van der Waals surface area contributed by atoms with Crippen molar-refractivity contribution in [2.45, 2.75) is 49.7 Å². The number of hydrogen-bond donors (Lipinski definition) is 2. The van der Waals surface area contributed by atoms with Crippen LogP contribution in [-0.2, 0) is 14.8 Å². The number of carbonyl (C=O) groups is 2. The minimum atomic E-state index is -4.28. The summed E-state index contributed by atoms with van der Waals surface area (Å²) in [4.78, 5) is 28.4. The maximum atomic E-state index is 12.5. The van der Waals surface area contributed by atoms with Crippen molar-refractivity contribution in [1.29, 1.82) is 0 Å². The highest BCUT2D eigenvalue weighted by molar-refractivity contribution is 7.89. The topological polar surface area (TPSA) is 141 Å². The van der Waals surface area contributed by atoms with E-state index in [1.54, 1.807) is 22.9 Å². The van der Waals surface area contributed by atoms with Gasteiger partial charge >= 0.3 is 6.09 Å². The van der Waals surface area contributed by atoms with Crippen molar-refractivity contribution < 1.29 is 31.6 Å².